The number of ether oxygens (including phenoxy) is 1. The van der Waals surface area contributed by atoms with E-state index in [2.05, 4.69) is 10.1 Å². The van der Waals surface area contributed by atoms with Crippen LogP contribution in [0.25, 0.3) is 0 Å². The number of rotatable bonds is 7. The summed E-state index contributed by atoms with van der Waals surface area (Å²) in [7, 11) is 1.74. The molecule has 2 heterocycles. The average molecular weight is 376 g/mol. The van der Waals surface area contributed by atoms with Crippen molar-refractivity contribution in [2.24, 2.45) is 5.92 Å². The molecule has 150 valence electrons. The van der Waals surface area contributed by atoms with Gasteiger partial charge in [0.2, 0.25) is 11.8 Å². The van der Waals surface area contributed by atoms with Crippen LogP contribution in [-0.2, 0) is 14.9 Å². The van der Waals surface area contributed by atoms with E-state index in [0.717, 1.165) is 63.3 Å². The Morgan fingerprint density at radius 2 is 1.93 bits per heavy atom. The Labute approximate surface area is 162 Å². The van der Waals surface area contributed by atoms with Gasteiger partial charge in [-0.1, -0.05) is 24.4 Å². The molecule has 1 aliphatic heterocycles. The van der Waals surface area contributed by atoms with E-state index in [1.807, 2.05) is 0 Å². The second-order valence-electron chi connectivity index (χ2n) is 8.84. The second-order valence-corrected chi connectivity index (χ2v) is 8.84. The van der Waals surface area contributed by atoms with Crippen LogP contribution in [0.4, 0.5) is 0 Å². The summed E-state index contributed by atoms with van der Waals surface area (Å²) in [5.41, 5.74) is -0.117. The van der Waals surface area contributed by atoms with Crippen LogP contribution in [0.5, 0.6) is 0 Å². The number of carbonyl (C=O) groups is 1. The Balaban J connectivity index is 1.38. The number of hydrogen-bond donors (Lipinski definition) is 0. The summed E-state index contributed by atoms with van der Waals surface area (Å²) in [5, 5.41) is 4.34. The summed E-state index contributed by atoms with van der Waals surface area (Å²) in [5.74, 6) is 3.06. The van der Waals surface area contributed by atoms with Crippen LogP contribution in [0.3, 0.4) is 0 Å². The maximum Gasteiger partial charge on any atom is 0.229 e. The van der Waals surface area contributed by atoms with E-state index < -0.39 is 0 Å². The molecule has 0 radical (unpaired) electrons. The van der Waals surface area contributed by atoms with Crippen LogP contribution >= 0.6 is 0 Å². The monoisotopic (exact) mass is 375 g/mol. The van der Waals surface area contributed by atoms with Gasteiger partial charge in [-0.05, 0) is 50.9 Å². The molecule has 0 spiro atoms. The summed E-state index contributed by atoms with van der Waals surface area (Å²) in [6.45, 7) is 2.27. The fourth-order valence-electron chi connectivity index (χ4n) is 4.78. The van der Waals surface area contributed by atoms with E-state index in [1.165, 1.54) is 32.1 Å². The van der Waals surface area contributed by atoms with Gasteiger partial charge in [0.05, 0.1) is 0 Å². The molecule has 0 atom stereocenters. The third-order valence-electron chi connectivity index (χ3n) is 6.89. The Morgan fingerprint density at radius 3 is 2.59 bits per heavy atom. The number of piperidine rings is 1. The molecular formula is C21H33N3O3. The first-order chi connectivity index (χ1) is 13.2. The van der Waals surface area contributed by atoms with E-state index in [0.29, 0.717) is 24.3 Å². The van der Waals surface area contributed by atoms with Crippen molar-refractivity contribution in [1.82, 2.24) is 15.0 Å². The number of aromatic nitrogens is 2. The number of likely N-dealkylation sites (tertiary alicyclic amines) is 1. The molecule has 1 amide bonds. The van der Waals surface area contributed by atoms with Gasteiger partial charge in [-0.25, -0.2) is 0 Å². The van der Waals surface area contributed by atoms with Crippen molar-refractivity contribution < 1.29 is 14.1 Å². The lowest BCUT2D eigenvalue weighted by Gasteiger charge is -2.40. The first-order valence-electron chi connectivity index (χ1n) is 10.8. The molecule has 4 rings (SSSR count). The molecule has 27 heavy (non-hydrogen) atoms. The van der Waals surface area contributed by atoms with Crippen LogP contribution in [0, 0.1) is 5.92 Å². The zero-order valence-electron chi connectivity index (χ0n) is 16.6. The Hall–Kier alpha value is -1.43. The van der Waals surface area contributed by atoms with Crippen LogP contribution in [0.2, 0.25) is 0 Å². The molecule has 3 fully saturated rings. The minimum Gasteiger partial charge on any atom is -0.385 e. The third kappa shape index (κ3) is 4.36. The molecule has 2 saturated carbocycles. The average Bonchev–Trinajstić information content (AvgIpc) is 3.44. The summed E-state index contributed by atoms with van der Waals surface area (Å²) in [6.07, 6.45) is 12.1. The van der Waals surface area contributed by atoms with E-state index in [-0.39, 0.29) is 5.41 Å². The normalized spacial score (nSPS) is 23.5. The van der Waals surface area contributed by atoms with Crippen molar-refractivity contribution in [3.05, 3.63) is 11.7 Å². The van der Waals surface area contributed by atoms with Crippen molar-refractivity contribution in [3.63, 3.8) is 0 Å². The fraction of sp³-hybridized carbons (Fsp3) is 0.857. The molecule has 0 N–H and O–H groups in total. The Bertz CT molecular complexity index is 626. The van der Waals surface area contributed by atoms with E-state index in [1.54, 1.807) is 7.11 Å². The van der Waals surface area contributed by atoms with E-state index >= 15 is 0 Å². The highest BCUT2D eigenvalue weighted by atomic mass is 16.5. The number of carbonyl (C=O) groups excluding carboxylic acids is 1. The molecule has 1 aromatic rings. The van der Waals surface area contributed by atoms with Crippen LogP contribution in [0.1, 0.15) is 88.3 Å². The number of hydrogen-bond acceptors (Lipinski definition) is 5. The van der Waals surface area contributed by atoms with Crippen molar-refractivity contribution >= 4 is 5.91 Å². The lowest BCUT2D eigenvalue weighted by atomic mass is 9.75. The van der Waals surface area contributed by atoms with Gasteiger partial charge in [0.25, 0.3) is 0 Å². The largest absolute Gasteiger partial charge is 0.385 e. The fourth-order valence-corrected chi connectivity index (χ4v) is 4.78. The first kappa shape index (κ1) is 18.9. The molecular weight excluding hydrogens is 342 g/mol. The summed E-state index contributed by atoms with van der Waals surface area (Å²) in [4.78, 5) is 19.6. The SMILES string of the molecule is COCCC1(c2noc(C3CC3)n2)CCN(C(=O)CC2CCCCC2)CC1. The number of nitrogens with zero attached hydrogens (tertiary/aromatic N) is 3. The number of methoxy groups -OCH3 is 1. The molecule has 1 aromatic heterocycles. The third-order valence-corrected chi connectivity index (χ3v) is 6.89. The maximum atomic E-state index is 12.8. The van der Waals surface area contributed by atoms with Gasteiger partial charge in [-0.3, -0.25) is 4.79 Å². The van der Waals surface area contributed by atoms with E-state index in [4.69, 9.17) is 14.2 Å². The van der Waals surface area contributed by atoms with Crippen molar-refractivity contribution in [1.29, 1.82) is 0 Å². The van der Waals surface area contributed by atoms with Crippen molar-refractivity contribution in [2.75, 3.05) is 26.8 Å². The zero-order valence-corrected chi connectivity index (χ0v) is 16.6. The van der Waals surface area contributed by atoms with Crippen molar-refractivity contribution in [2.45, 2.75) is 82.0 Å². The lowest BCUT2D eigenvalue weighted by molar-refractivity contribution is -0.134. The molecule has 1 saturated heterocycles. The minimum atomic E-state index is -0.117. The molecule has 6 nitrogen and oxygen atoms in total. The van der Waals surface area contributed by atoms with Crippen LogP contribution in [-0.4, -0.2) is 47.8 Å². The molecule has 0 unspecified atom stereocenters. The van der Waals surface area contributed by atoms with Gasteiger partial charge in [-0.15, -0.1) is 0 Å². The molecule has 2 aliphatic carbocycles. The van der Waals surface area contributed by atoms with Gasteiger partial charge in [0.1, 0.15) is 0 Å². The highest BCUT2D eigenvalue weighted by molar-refractivity contribution is 5.76. The maximum absolute atomic E-state index is 12.8. The summed E-state index contributed by atoms with van der Waals surface area (Å²) < 4.78 is 10.9. The van der Waals surface area contributed by atoms with E-state index in [9.17, 15) is 4.79 Å². The molecule has 0 aromatic carbocycles. The second kappa shape index (κ2) is 8.29. The standard InChI is InChI=1S/C21H33N3O3/c1-26-14-11-21(20-22-19(27-23-20)17-7-8-17)9-12-24(13-10-21)18(25)15-16-5-3-2-4-6-16/h16-17H,2-15H2,1H3. The minimum absolute atomic E-state index is 0.117. The quantitative estimate of drug-likeness (QED) is 0.725. The predicted octanol–water partition coefficient (Wildman–Crippen LogP) is 3.81. The summed E-state index contributed by atoms with van der Waals surface area (Å²) in [6, 6.07) is 0. The smallest absolute Gasteiger partial charge is 0.229 e. The van der Waals surface area contributed by atoms with Gasteiger partial charge >= 0.3 is 0 Å². The molecule has 3 aliphatic rings. The van der Waals surface area contributed by atoms with Crippen LogP contribution < -0.4 is 0 Å². The first-order valence-corrected chi connectivity index (χ1v) is 10.8. The summed E-state index contributed by atoms with van der Waals surface area (Å²) >= 11 is 0. The highest BCUT2D eigenvalue weighted by Gasteiger charge is 2.42. The molecule has 6 heteroatoms. The zero-order chi connectivity index (χ0) is 18.7. The topological polar surface area (TPSA) is 68.5 Å². The van der Waals surface area contributed by atoms with Crippen molar-refractivity contribution in [3.8, 4) is 0 Å². The van der Waals surface area contributed by atoms with Gasteiger partial charge < -0.3 is 14.2 Å². The molecule has 0 bridgehead atoms. The number of amides is 1. The van der Waals surface area contributed by atoms with Gasteiger partial charge in [0, 0.05) is 44.6 Å². The van der Waals surface area contributed by atoms with Gasteiger partial charge in [0.15, 0.2) is 5.82 Å². The van der Waals surface area contributed by atoms with Gasteiger partial charge in [-0.2, -0.15) is 4.98 Å². The Kier molecular flexibility index (Phi) is 5.81. The highest BCUT2D eigenvalue weighted by Crippen LogP contribution is 2.42. The Morgan fingerprint density at radius 1 is 1.19 bits per heavy atom. The van der Waals surface area contributed by atoms with Crippen LogP contribution in [0.15, 0.2) is 4.52 Å². The lowest BCUT2D eigenvalue weighted by Crippen LogP contribution is -2.46. The predicted molar refractivity (Wildman–Crippen MR) is 101 cm³/mol.